The van der Waals surface area contributed by atoms with Gasteiger partial charge in [-0.25, -0.2) is 0 Å². The average Bonchev–Trinajstić information content (AvgIpc) is 2.73. The van der Waals surface area contributed by atoms with Crippen molar-refractivity contribution in [3.63, 3.8) is 0 Å². The minimum Gasteiger partial charge on any atom is -0.493 e. The molecule has 1 aliphatic rings. The molecule has 0 saturated heterocycles. The molecule has 0 bridgehead atoms. The third-order valence-electron chi connectivity index (χ3n) is 4.06. The van der Waals surface area contributed by atoms with E-state index in [1.54, 1.807) is 14.2 Å². The molecule has 1 aliphatic carbocycles. The molecule has 1 fully saturated rings. The zero-order valence-corrected chi connectivity index (χ0v) is 12.2. The number of para-hydroxylation sites is 1. The van der Waals surface area contributed by atoms with Gasteiger partial charge < -0.3 is 14.8 Å². The van der Waals surface area contributed by atoms with Crippen molar-refractivity contribution in [2.75, 3.05) is 14.2 Å². The number of methoxy groups -OCH3 is 2. The van der Waals surface area contributed by atoms with Crippen molar-refractivity contribution >= 4 is 0 Å². The standard InChI is InChI=1S/C16H25NO2/c1-18-15-11-7-8-13(16(15)19-2)12-17-14-9-5-3-4-6-10-14/h7-8,11,14,17H,3-6,9-10,12H2,1-2H3/p+1. The molecule has 0 radical (unpaired) electrons. The lowest BCUT2D eigenvalue weighted by atomic mass is 10.1. The van der Waals surface area contributed by atoms with Crippen LogP contribution in [0.4, 0.5) is 0 Å². The van der Waals surface area contributed by atoms with Gasteiger partial charge in [0.1, 0.15) is 6.54 Å². The van der Waals surface area contributed by atoms with Gasteiger partial charge in [0, 0.05) is 0 Å². The number of ether oxygens (including phenoxy) is 2. The van der Waals surface area contributed by atoms with Gasteiger partial charge in [-0.1, -0.05) is 18.9 Å². The fourth-order valence-corrected chi connectivity index (χ4v) is 2.95. The van der Waals surface area contributed by atoms with Crippen molar-refractivity contribution < 1.29 is 14.8 Å². The molecule has 1 saturated carbocycles. The van der Waals surface area contributed by atoms with E-state index in [4.69, 9.17) is 9.47 Å². The molecule has 0 unspecified atom stereocenters. The lowest BCUT2D eigenvalue weighted by molar-refractivity contribution is -0.705. The van der Waals surface area contributed by atoms with Gasteiger partial charge >= 0.3 is 0 Å². The van der Waals surface area contributed by atoms with Crippen LogP contribution in [0, 0.1) is 0 Å². The van der Waals surface area contributed by atoms with Crippen LogP contribution in [-0.4, -0.2) is 20.3 Å². The quantitative estimate of drug-likeness (QED) is 0.829. The summed E-state index contributed by atoms with van der Waals surface area (Å²) in [7, 11) is 3.41. The van der Waals surface area contributed by atoms with Crippen LogP contribution in [0.1, 0.15) is 44.1 Å². The van der Waals surface area contributed by atoms with Gasteiger partial charge in [-0.05, 0) is 37.8 Å². The van der Waals surface area contributed by atoms with Crippen molar-refractivity contribution in [1.29, 1.82) is 0 Å². The highest BCUT2D eigenvalue weighted by Crippen LogP contribution is 2.30. The van der Waals surface area contributed by atoms with Gasteiger partial charge in [0.05, 0.1) is 25.8 Å². The normalized spacial score (nSPS) is 16.9. The molecule has 0 atom stereocenters. The minimum absolute atomic E-state index is 0.776. The summed E-state index contributed by atoms with van der Waals surface area (Å²) >= 11 is 0. The smallest absolute Gasteiger partial charge is 0.169 e. The zero-order valence-electron chi connectivity index (χ0n) is 12.2. The second-order valence-corrected chi connectivity index (χ2v) is 5.34. The summed E-state index contributed by atoms with van der Waals surface area (Å²) in [5, 5.41) is 2.47. The highest BCUT2D eigenvalue weighted by Gasteiger charge is 2.17. The molecule has 2 rings (SSSR count). The number of hydrogen-bond acceptors (Lipinski definition) is 2. The van der Waals surface area contributed by atoms with Crippen molar-refractivity contribution in [2.45, 2.75) is 51.1 Å². The van der Waals surface area contributed by atoms with Gasteiger partial charge in [-0.2, -0.15) is 0 Å². The molecule has 0 heterocycles. The van der Waals surface area contributed by atoms with Crippen LogP contribution in [0.25, 0.3) is 0 Å². The van der Waals surface area contributed by atoms with Crippen molar-refractivity contribution in [3.05, 3.63) is 23.8 Å². The summed E-state index contributed by atoms with van der Waals surface area (Å²) < 4.78 is 10.8. The predicted octanol–water partition coefficient (Wildman–Crippen LogP) is 2.49. The summed E-state index contributed by atoms with van der Waals surface area (Å²) in [5.41, 5.74) is 1.23. The van der Waals surface area contributed by atoms with E-state index < -0.39 is 0 Å². The molecular weight excluding hydrogens is 238 g/mol. The number of quaternary nitrogens is 1. The monoisotopic (exact) mass is 264 g/mol. The Morgan fingerprint density at radius 2 is 1.79 bits per heavy atom. The molecule has 0 aliphatic heterocycles. The maximum absolute atomic E-state index is 5.49. The number of rotatable bonds is 5. The van der Waals surface area contributed by atoms with Crippen molar-refractivity contribution in [1.82, 2.24) is 0 Å². The topological polar surface area (TPSA) is 35.1 Å². The SMILES string of the molecule is COc1cccc(C[NH2+]C2CCCCCC2)c1OC. The Morgan fingerprint density at radius 1 is 1.05 bits per heavy atom. The lowest BCUT2D eigenvalue weighted by Gasteiger charge is -2.15. The molecule has 19 heavy (non-hydrogen) atoms. The highest BCUT2D eigenvalue weighted by molar-refractivity contribution is 5.46. The number of nitrogens with two attached hydrogens (primary N) is 1. The van der Waals surface area contributed by atoms with Gasteiger partial charge in [0.2, 0.25) is 0 Å². The Balaban J connectivity index is 1.98. The van der Waals surface area contributed by atoms with Crippen LogP contribution in [0.2, 0.25) is 0 Å². The van der Waals surface area contributed by atoms with Crippen LogP contribution >= 0.6 is 0 Å². The number of benzene rings is 1. The summed E-state index contributed by atoms with van der Waals surface area (Å²) in [5.74, 6) is 1.71. The first-order valence-corrected chi connectivity index (χ1v) is 7.38. The average molecular weight is 264 g/mol. The predicted molar refractivity (Wildman–Crippen MR) is 76.7 cm³/mol. The van der Waals surface area contributed by atoms with E-state index in [0.29, 0.717) is 0 Å². The van der Waals surface area contributed by atoms with E-state index in [9.17, 15) is 0 Å². The molecule has 3 nitrogen and oxygen atoms in total. The molecule has 0 spiro atoms. The molecule has 1 aromatic carbocycles. The highest BCUT2D eigenvalue weighted by atomic mass is 16.5. The summed E-state index contributed by atoms with van der Waals surface area (Å²) in [6.07, 6.45) is 8.30. The van der Waals surface area contributed by atoms with Crippen LogP contribution in [0.15, 0.2) is 18.2 Å². The van der Waals surface area contributed by atoms with Crippen LogP contribution in [0.3, 0.4) is 0 Å². The molecule has 3 heteroatoms. The Bertz CT molecular complexity index is 384. The maximum atomic E-state index is 5.49. The number of hydrogen-bond donors (Lipinski definition) is 1. The lowest BCUT2D eigenvalue weighted by Crippen LogP contribution is -2.88. The molecule has 0 amide bonds. The fourth-order valence-electron chi connectivity index (χ4n) is 2.95. The summed E-state index contributed by atoms with van der Waals surface area (Å²) in [4.78, 5) is 0. The largest absolute Gasteiger partial charge is 0.493 e. The van der Waals surface area contributed by atoms with E-state index in [0.717, 1.165) is 24.1 Å². The van der Waals surface area contributed by atoms with Gasteiger partial charge in [0.25, 0.3) is 0 Å². The molecule has 1 aromatic rings. The van der Waals surface area contributed by atoms with Crippen molar-refractivity contribution in [2.24, 2.45) is 0 Å². The van der Waals surface area contributed by atoms with Gasteiger partial charge in [-0.15, -0.1) is 0 Å². The van der Waals surface area contributed by atoms with Gasteiger partial charge in [-0.3, -0.25) is 0 Å². The second-order valence-electron chi connectivity index (χ2n) is 5.34. The zero-order chi connectivity index (χ0) is 13.5. The van der Waals surface area contributed by atoms with Crippen LogP contribution < -0.4 is 14.8 Å². The first kappa shape index (κ1) is 14.2. The minimum atomic E-state index is 0.776. The fraction of sp³-hybridized carbons (Fsp3) is 0.625. The third kappa shape index (κ3) is 3.87. The maximum Gasteiger partial charge on any atom is 0.169 e. The van der Waals surface area contributed by atoms with E-state index in [2.05, 4.69) is 11.4 Å². The molecule has 106 valence electrons. The molecular formula is C16H26NO2+. The second kappa shape index (κ2) is 7.39. The Kier molecular flexibility index (Phi) is 5.52. The van der Waals surface area contributed by atoms with E-state index in [1.807, 2.05) is 12.1 Å². The summed E-state index contributed by atoms with van der Waals surface area (Å²) in [6.45, 7) is 0.977. The Hall–Kier alpha value is -1.22. The van der Waals surface area contributed by atoms with E-state index in [-0.39, 0.29) is 0 Å². The Labute approximate surface area is 116 Å². The first-order valence-electron chi connectivity index (χ1n) is 7.38. The van der Waals surface area contributed by atoms with Crippen LogP contribution in [-0.2, 0) is 6.54 Å². The third-order valence-corrected chi connectivity index (χ3v) is 4.06. The van der Waals surface area contributed by atoms with E-state index in [1.165, 1.54) is 44.1 Å². The van der Waals surface area contributed by atoms with Gasteiger partial charge in [0.15, 0.2) is 11.5 Å². The Morgan fingerprint density at radius 3 is 2.42 bits per heavy atom. The van der Waals surface area contributed by atoms with Crippen molar-refractivity contribution in [3.8, 4) is 11.5 Å². The summed E-state index contributed by atoms with van der Waals surface area (Å²) in [6, 6.07) is 6.90. The van der Waals surface area contributed by atoms with Crippen LogP contribution in [0.5, 0.6) is 11.5 Å². The van der Waals surface area contributed by atoms with E-state index >= 15 is 0 Å². The molecule has 2 N–H and O–H groups in total. The molecule has 0 aromatic heterocycles. The first-order chi connectivity index (χ1) is 9.35.